The first-order chi connectivity index (χ1) is 11.5. The zero-order valence-corrected chi connectivity index (χ0v) is 13.7. The van der Waals surface area contributed by atoms with Gasteiger partial charge in [0.15, 0.2) is 5.82 Å². The molecule has 24 heavy (non-hydrogen) atoms. The van der Waals surface area contributed by atoms with Crippen LogP contribution < -0.4 is 0 Å². The second-order valence-corrected chi connectivity index (χ2v) is 6.01. The maximum atomic E-state index is 11.8. The largest absolute Gasteiger partial charge is 0.478 e. The van der Waals surface area contributed by atoms with Crippen molar-refractivity contribution < 1.29 is 14.7 Å². The summed E-state index contributed by atoms with van der Waals surface area (Å²) in [6, 6.07) is 8.41. The minimum atomic E-state index is -0.971. The molecule has 6 nitrogen and oxygen atoms in total. The van der Waals surface area contributed by atoms with Crippen LogP contribution in [0.4, 0.5) is 0 Å². The monoisotopic (exact) mass is 325 g/mol. The average Bonchev–Trinajstić information content (AvgIpc) is 3.04. The molecule has 2 aromatic rings. The number of carbonyl (C=O) groups excluding carboxylic acids is 1. The molecule has 0 spiro atoms. The number of nitrogens with zero attached hydrogens (tertiary/aromatic N) is 3. The van der Waals surface area contributed by atoms with Crippen LogP contribution in [0.3, 0.4) is 0 Å². The molecule has 1 amide bonds. The van der Waals surface area contributed by atoms with Gasteiger partial charge >= 0.3 is 5.97 Å². The highest BCUT2D eigenvalue weighted by molar-refractivity contribution is 5.89. The number of rotatable bonds is 3. The Kier molecular flexibility index (Phi) is 4.29. The lowest BCUT2D eigenvalue weighted by Crippen LogP contribution is -2.29. The molecule has 0 radical (unpaired) electrons. The molecule has 1 aliphatic heterocycles. The van der Waals surface area contributed by atoms with E-state index >= 15 is 0 Å². The summed E-state index contributed by atoms with van der Waals surface area (Å²) in [5.41, 5.74) is 2.42. The highest BCUT2D eigenvalue weighted by Gasteiger charge is 2.30. The maximum absolute atomic E-state index is 11.8. The molecule has 0 aliphatic carbocycles. The molecule has 1 aromatic carbocycles. The first-order valence-electron chi connectivity index (χ1n) is 7.92. The van der Waals surface area contributed by atoms with Gasteiger partial charge in [-0.25, -0.2) is 14.8 Å². The lowest BCUT2D eigenvalue weighted by molar-refractivity contribution is -0.129. The standard InChI is InChI=1S/C18H19N3O3/c1-11-9-15(13-5-3-6-14(10-13)18(23)24)20-17(19-11)16-7-4-8-21(16)12(2)22/h3,5-6,9-10,16H,4,7-8H2,1-2H3,(H,23,24)/t16-/m0/s1. The number of likely N-dealkylation sites (tertiary alicyclic amines) is 1. The van der Waals surface area contributed by atoms with Gasteiger partial charge in [-0.15, -0.1) is 0 Å². The van der Waals surface area contributed by atoms with E-state index in [2.05, 4.69) is 9.97 Å². The lowest BCUT2D eigenvalue weighted by Gasteiger charge is -2.22. The molecule has 0 bridgehead atoms. The van der Waals surface area contributed by atoms with Crippen LogP contribution in [0.15, 0.2) is 30.3 Å². The van der Waals surface area contributed by atoms with Crippen molar-refractivity contribution in [2.24, 2.45) is 0 Å². The first kappa shape index (κ1) is 16.1. The third-order valence-corrected chi connectivity index (χ3v) is 4.23. The first-order valence-corrected chi connectivity index (χ1v) is 7.92. The molecule has 124 valence electrons. The minimum absolute atomic E-state index is 0.0250. The lowest BCUT2D eigenvalue weighted by atomic mass is 10.1. The fourth-order valence-electron chi connectivity index (χ4n) is 3.11. The van der Waals surface area contributed by atoms with Gasteiger partial charge in [0, 0.05) is 24.7 Å². The van der Waals surface area contributed by atoms with E-state index in [4.69, 9.17) is 5.11 Å². The fraction of sp³-hybridized carbons (Fsp3) is 0.333. The smallest absolute Gasteiger partial charge is 0.335 e. The molecular formula is C18H19N3O3. The summed E-state index contributed by atoms with van der Waals surface area (Å²) in [5.74, 6) is -0.322. The maximum Gasteiger partial charge on any atom is 0.335 e. The van der Waals surface area contributed by atoms with Crippen LogP contribution in [0.5, 0.6) is 0 Å². The number of carboxylic acids is 1. The summed E-state index contributed by atoms with van der Waals surface area (Å²) in [6.45, 7) is 4.16. The van der Waals surface area contributed by atoms with E-state index in [1.54, 1.807) is 30.0 Å². The Hall–Kier alpha value is -2.76. The second-order valence-electron chi connectivity index (χ2n) is 6.01. The highest BCUT2D eigenvalue weighted by atomic mass is 16.4. The quantitative estimate of drug-likeness (QED) is 0.938. The van der Waals surface area contributed by atoms with E-state index < -0.39 is 5.97 Å². The Morgan fingerprint density at radius 1 is 1.25 bits per heavy atom. The molecule has 6 heteroatoms. The molecule has 0 unspecified atom stereocenters. The van der Waals surface area contributed by atoms with Crippen molar-refractivity contribution in [3.8, 4) is 11.3 Å². The van der Waals surface area contributed by atoms with Crippen molar-refractivity contribution in [3.63, 3.8) is 0 Å². The molecule has 1 fully saturated rings. The molecule has 1 saturated heterocycles. The Balaban J connectivity index is 2.02. The number of benzene rings is 1. The van der Waals surface area contributed by atoms with Crippen LogP contribution in [0, 0.1) is 6.92 Å². The minimum Gasteiger partial charge on any atom is -0.478 e. The fourth-order valence-corrected chi connectivity index (χ4v) is 3.11. The van der Waals surface area contributed by atoms with Crippen molar-refractivity contribution >= 4 is 11.9 Å². The molecule has 1 aromatic heterocycles. The van der Waals surface area contributed by atoms with Gasteiger partial charge in [0.05, 0.1) is 17.3 Å². The van der Waals surface area contributed by atoms with E-state index in [-0.39, 0.29) is 17.5 Å². The average molecular weight is 325 g/mol. The van der Waals surface area contributed by atoms with Gasteiger partial charge in [-0.3, -0.25) is 4.79 Å². The Labute approximate surface area is 140 Å². The summed E-state index contributed by atoms with van der Waals surface area (Å²) in [7, 11) is 0. The number of amides is 1. The van der Waals surface area contributed by atoms with E-state index in [0.29, 0.717) is 11.5 Å². The number of hydrogen-bond acceptors (Lipinski definition) is 4. The number of aryl methyl sites for hydroxylation is 1. The van der Waals surface area contributed by atoms with E-state index in [1.807, 2.05) is 19.1 Å². The molecule has 1 N–H and O–H groups in total. The molecule has 2 heterocycles. The van der Waals surface area contributed by atoms with Crippen molar-refractivity contribution in [2.45, 2.75) is 32.7 Å². The number of aromatic carboxylic acids is 1. The van der Waals surface area contributed by atoms with Gasteiger partial charge in [-0.1, -0.05) is 12.1 Å². The van der Waals surface area contributed by atoms with Crippen molar-refractivity contribution in [1.29, 1.82) is 0 Å². The van der Waals surface area contributed by atoms with E-state index in [9.17, 15) is 9.59 Å². The predicted molar refractivity (Wildman–Crippen MR) is 88.5 cm³/mol. The van der Waals surface area contributed by atoms with Crippen LogP contribution in [0.25, 0.3) is 11.3 Å². The van der Waals surface area contributed by atoms with Crippen molar-refractivity contribution in [2.75, 3.05) is 6.54 Å². The van der Waals surface area contributed by atoms with Gasteiger partial charge in [0.25, 0.3) is 0 Å². The van der Waals surface area contributed by atoms with E-state index in [0.717, 1.165) is 30.6 Å². The summed E-state index contributed by atoms with van der Waals surface area (Å²) in [6.07, 6.45) is 1.78. The zero-order valence-electron chi connectivity index (χ0n) is 13.7. The third kappa shape index (κ3) is 3.13. The van der Waals surface area contributed by atoms with Crippen LogP contribution >= 0.6 is 0 Å². The number of carbonyl (C=O) groups is 2. The zero-order chi connectivity index (χ0) is 17.3. The van der Waals surface area contributed by atoms with Gasteiger partial charge < -0.3 is 10.0 Å². The number of aromatic nitrogens is 2. The van der Waals surface area contributed by atoms with Gasteiger partial charge in [-0.05, 0) is 38.0 Å². The van der Waals surface area contributed by atoms with Crippen LogP contribution in [-0.2, 0) is 4.79 Å². The topological polar surface area (TPSA) is 83.4 Å². The molecule has 0 saturated carbocycles. The SMILES string of the molecule is CC(=O)N1CCC[C@H]1c1nc(C)cc(-c2cccc(C(=O)O)c2)n1. The highest BCUT2D eigenvalue weighted by Crippen LogP contribution is 2.31. The van der Waals surface area contributed by atoms with Crippen LogP contribution in [-0.4, -0.2) is 38.4 Å². The van der Waals surface area contributed by atoms with Crippen LogP contribution in [0.2, 0.25) is 0 Å². The number of carboxylic acid groups (broad SMARTS) is 1. The molecule has 1 aliphatic rings. The summed E-state index contributed by atoms with van der Waals surface area (Å²) >= 11 is 0. The molecule has 3 rings (SSSR count). The number of hydrogen-bond donors (Lipinski definition) is 1. The predicted octanol–water partition coefficient (Wildman–Crippen LogP) is 2.83. The Morgan fingerprint density at radius 2 is 2.04 bits per heavy atom. The van der Waals surface area contributed by atoms with Crippen molar-refractivity contribution in [1.82, 2.24) is 14.9 Å². The van der Waals surface area contributed by atoms with E-state index in [1.165, 1.54) is 0 Å². The Bertz CT molecular complexity index is 804. The molecular weight excluding hydrogens is 306 g/mol. The van der Waals surface area contributed by atoms with Gasteiger partial charge in [-0.2, -0.15) is 0 Å². The normalized spacial score (nSPS) is 17.1. The van der Waals surface area contributed by atoms with Gasteiger partial charge in [0.1, 0.15) is 0 Å². The third-order valence-electron chi connectivity index (χ3n) is 4.23. The second kappa shape index (κ2) is 6.39. The van der Waals surface area contributed by atoms with Crippen molar-refractivity contribution in [3.05, 3.63) is 47.4 Å². The Morgan fingerprint density at radius 3 is 2.75 bits per heavy atom. The summed E-state index contributed by atoms with van der Waals surface area (Å²) in [4.78, 5) is 33.9. The van der Waals surface area contributed by atoms with Crippen LogP contribution in [0.1, 0.15) is 47.7 Å². The molecule has 1 atom stereocenters. The summed E-state index contributed by atoms with van der Waals surface area (Å²) in [5, 5.41) is 9.16. The van der Waals surface area contributed by atoms with Gasteiger partial charge in [0.2, 0.25) is 5.91 Å². The summed E-state index contributed by atoms with van der Waals surface area (Å²) < 4.78 is 0.